The molecule has 1 aliphatic carbocycles. The van der Waals surface area contributed by atoms with E-state index in [0.717, 1.165) is 17.5 Å². The number of imidazole rings is 1. The third kappa shape index (κ3) is 2.25. The van der Waals surface area contributed by atoms with Crippen LogP contribution in [-0.2, 0) is 10.3 Å². The van der Waals surface area contributed by atoms with E-state index in [4.69, 9.17) is 15.1 Å². The molecule has 8 nitrogen and oxygen atoms in total. The predicted molar refractivity (Wildman–Crippen MR) is 104 cm³/mol. The molecule has 1 aliphatic heterocycles. The molecule has 6 rings (SSSR count). The van der Waals surface area contributed by atoms with Crippen molar-refractivity contribution in [1.82, 2.24) is 19.9 Å². The number of esters is 1. The van der Waals surface area contributed by atoms with Gasteiger partial charge in [-0.1, -0.05) is 18.2 Å². The van der Waals surface area contributed by atoms with Gasteiger partial charge in [-0.3, -0.25) is 0 Å². The number of nitrogen functional groups attached to an aromatic ring is 1. The van der Waals surface area contributed by atoms with Crippen LogP contribution in [0.5, 0.6) is 0 Å². The second-order valence-electron chi connectivity index (χ2n) is 7.76. The minimum absolute atomic E-state index is 0.0643. The smallest absolute Gasteiger partial charge is 0.339 e. The van der Waals surface area contributed by atoms with Crippen LogP contribution in [0.25, 0.3) is 22.6 Å². The largest absolute Gasteiger partial charge is 0.450 e. The Labute approximate surface area is 169 Å². The van der Waals surface area contributed by atoms with E-state index in [2.05, 4.69) is 15.3 Å². The minimum Gasteiger partial charge on any atom is -0.450 e. The Morgan fingerprint density at radius 3 is 2.90 bits per heavy atom. The lowest BCUT2D eigenvalue weighted by Gasteiger charge is -2.24. The number of halogens is 1. The summed E-state index contributed by atoms with van der Waals surface area (Å²) in [7, 11) is 0. The summed E-state index contributed by atoms with van der Waals surface area (Å²) in [6, 6.07) is 11.9. The van der Waals surface area contributed by atoms with E-state index in [9.17, 15) is 9.18 Å². The van der Waals surface area contributed by atoms with Gasteiger partial charge in [-0.2, -0.15) is 0 Å². The topological polar surface area (TPSA) is 109 Å². The lowest BCUT2D eigenvalue weighted by molar-refractivity contribution is -0.00641. The number of carbonyl (C=O) groups is 1. The molecule has 0 unspecified atom stereocenters. The molecule has 4 aromatic rings. The van der Waals surface area contributed by atoms with Crippen LogP contribution in [-0.4, -0.2) is 25.8 Å². The molecule has 150 valence electrons. The van der Waals surface area contributed by atoms with Crippen LogP contribution in [0.4, 0.5) is 10.2 Å². The first-order chi connectivity index (χ1) is 14.6. The quantitative estimate of drug-likeness (QED) is 0.508. The summed E-state index contributed by atoms with van der Waals surface area (Å²) in [6.07, 6.45) is 1.98. The number of hydrogen-bond donors (Lipinski definition) is 1. The van der Waals surface area contributed by atoms with Crippen LogP contribution < -0.4 is 5.73 Å². The van der Waals surface area contributed by atoms with E-state index < -0.39 is 5.60 Å². The fourth-order valence-corrected chi connectivity index (χ4v) is 4.85. The first kappa shape index (κ1) is 17.1. The Kier molecular flexibility index (Phi) is 3.36. The highest BCUT2D eigenvalue weighted by molar-refractivity contribution is 5.94. The summed E-state index contributed by atoms with van der Waals surface area (Å²) in [5, 5.41) is 7.55. The number of rotatable bonds is 2. The molecule has 1 spiro atoms. The molecule has 0 radical (unpaired) electrons. The molecule has 0 amide bonds. The predicted octanol–water partition coefficient (Wildman–Crippen LogP) is 3.60. The number of benzene rings is 2. The molecule has 2 aromatic heterocycles. The second kappa shape index (κ2) is 5.88. The highest BCUT2D eigenvalue weighted by Crippen LogP contribution is 2.53. The van der Waals surface area contributed by atoms with Crippen molar-refractivity contribution in [2.45, 2.75) is 30.9 Å². The van der Waals surface area contributed by atoms with E-state index in [1.807, 2.05) is 22.8 Å². The SMILES string of the molecule is Nc1nonc1-c1nc2cc(F)ccc2n1[C@H]1CC[C@@]2(C1)OC(=O)c1ccccc12. The third-order valence-electron chi connectivity index (χ3n) is 6.12. The second-order valence-corrected chi connectivity index (χ2v) is 7.76. The van der Waals surface area contributed by atoms with Crippen molar-refractivity contribution in [2.75, 3.05) is 5.73 Å². The van der Waals surface area contributed by atoms with Gasteiger partial charge in [0.15, 0.2) is 17.3 Å². The van der Waals surface area contributed by atoms with Crippen LogP contribution in [0, 0.1) is 5.82 Å². The zero-order chi connectivity index (χ0) is 20.5. The maximum Gasteiger partial charge on any atom is 0.339 e. The molecular formula is C21H16FN5O3. The summed E-state index contributed by atoms with van der Waals surface area (Å²) < 4.78 is 26.5. The number of anilines is 1. The average Bonchev–Trinajstić information content (AvgIpc) is 3.48. The zero-order valence-electron chi connectivity index (χ0n) is 15.7. The number of nitrogens with two attached hydrogens (primary N) is 1. The lowest BCUT2D eigenvalue weighted by atomic mass is 9.90. The van der Waals surface area contributed by atoms with Gasteiger partial charge in [0.2, 0.25) is 0 Å². The van der Waals surface area contributed by atoms with E-state index in [0.29, 0.717) is 35.4 Å². The number of ether oxygens (including phenoxy) is 1. The zero-order valence-corrected chi connectivity index (χ0v) is 15.7. The van der Waals surface area contributed by atoms with Crippen molar-refractivity contribution in [3.63, 3.8) is 0 Å². The average molecular weight is 405 g/mol. The van der Waals surface area contributed by atoms with Crippen LogP contribution in [0.15, 0.2) is 47.1 Å². The van der Waals surface area contributed by atoms with Crippen molar-refractivity contribution in [1.29, 1.82) is 0 Å². The van der Waals surface area contributed by atoms with Gasteiger partial charge in [0.1, 0.15) is 11.4 Å². The third-order valence-corrected chi connectivity index (χ3v) is 6.12. The van der Waals surface area contributed by atoms with Crippen molar-refractivity contribution >= 4 is 22.8 Å². The molecule has 0 saturated heterocycles. The highest BCUT2D eigenvalue weighted by Gasteiger charge is 2.51. The number of hydrogen-bond acceptors (Lipinski definition) is 7. The lowest BCUT2D eigenvalue weighted by Crippen LogP contribution is -2.23. The van der Waals surface area contributed by atoms with Gasteiger partial charge in [-0.05, 0) is 41.4 Å². The molecule has 2 aliphatic rings. The maximum atomic E-state index is 13.8. The Hall–Kier alpha value is -3.75. The normalized spacial score (nSPS) is 22.7. The molecule has 2 aromatic carbocycles. The van der Waals surface area contributed by atoms with Gasteiger partial charge in [0.25, 0.3) is 0 Å². The molecule has 30 heavy (non-hydrogen) atoms. The van der Waals surface area contributed by atoms with Crippen LogP contribution >= 0.6 is 0 Å². The highest BCUT2D eigenvalue weighted by atomic mass is 19.1. The van der Waals surface area contributed by atoms with Crippen molar-refractivity contribution in [3.05, 3.63) is 59.4 Å². The Bertz CT molecular complexity index is 1330. The molecule has 1 saturated carbocycles. The van der Waals surface area contributed by atoms with Crippen molar-refractivity contribution < 1.29 is 18.6 Å². The fourth-order valence-electron chi connectivity index (χ4n) is 4.85. The van der Waals surface area contributed by atoms with Gasteiger partial charge in [0.05, 0.1) is 16.6 Å². The summed E-state index contributed by atoms with van der Waals surface area (Å²) in [5.41, 5.74) is 8.30. The molecule has 9 heteroatoms. The standard InChI is InChI=1S/C21H16FN5O3/c22-11-5-6-16-15(9-11)24-19(17-18(23)26-30-25-17)27(16)12-7-8-21(10-12)14-4-2-1-3-13(14)20(28)29-21/h1-6,9,12H,7-8,10H2,(H2,23,26)/t12-,21-/m0/s1. The van der Waals surface area contributed by atoms with E-state index in [1.165, 1.54) is 12.1 Å². The molecule has 2 atom stereocenters. The van der Waals surface area contributed by atoms with Crippen LogP contribution in [0.3, 0.4) is 0 Å². The fraction of sp³-hybridized carbons (Fsp3) is 0.238. The summed E-state index contributed by atoms with van der Waals surface area (Å²) in [5.74, 6) is -0.119. The molecule has 1 fully saturated rings. The first-order valence-electron chi connectivity index (χ1n) is 9.64. The number of nitrogens with zero attached hydrogens (tertiary/aromatic N) is 4. The van der Waals surface area contributed by atoms with Gasteiger partial charge >= 0.3 is 5.97 Å². The minimum atomic E-state index is -0.681. The molecular weight excluding hydrogens is 389 g/mol. The van der Waals surface area contributed by atoms with Gasteiger partial charge < -0.3 is 15.0 Å². The Morgan fingerprint density at radius 2 is 2.07 bits per heavy atom. The monoisotopic (exact) mass is 405 g/mol. The van der Waals surface area contributed by atoms with Gasteiger partial charge in [0, 0.05) is 24.1 Å². The Morgan fingerprint density at radius 1 is 1.20 bits per heavy atom. The number of fused-ring (bicyclic) bond motifs is 3. The summed E-state index contributed by atoms with van der Waals surface area (Å²) >= 11 is 0. The van der Waals surface area contributed by atoms with Crippen molar-refractivity contribution in [3.8, 4) is 11.5 Å². The summed E-state index contributed by atoms with van der Waals surface area (Å²) in [6.45, 7) is 0. The van der Waals surface area contributed by atoms with Crippen LogP contribution in [0.2, 0.25) is 0 Å². The van der Waals surface area contributed by atoms with Gasteiger partial charge in [-0.25, -0.2) is 18.8 Å². The van der Waals surface area contributed by atoms with Crippen LogP contribution in [0.1, 0.15) is 41.2 Å². The maximum absolute atomic E-state index is 13.8. The van der Waals surface area contributed by atoms with E-state index in [1.54, 1.807) is 12.1 Å². The molecule has 3 heterocycles. The van der Waals surface area contributed by atoms with Gasteiger partial charge in [-0.15, -0.1) is 0 Å². The Balaban J connectivity index is 1.50. The molecule has 0 bridgehead atoms. The number of aromatic nitrogens is 4. The molecule has 2 N–H and O–H groups in total. The first-order valence-corrected chi connectivity index (χ1v) is 9.64. The number of carbonyl (C=O) groups excluding carboxylic acids is 1. The van der Waals surface area contributed by atoms with Crippen molar-refractivity contribution in [2.24, 2.45) is 0 Å². The summed E-state index contributed by atoms with van der Waals surface area (Å²) in [4.78, 5) is 17.0. The van der Waals surface area contributed by atoms with E-state index in [-0.39, 0.29) is 23.6 Å². The van der Waals surface area contributed by atoms with E-state index >= 15 is 0 Å².